The van der Waals surface area contributed by atoms with E-state index in [0.29, 0.717) is 58.0 Å². The molecule has 4 aromatic rings. The van der Waals surface area contributed by atoms with E-state index >= 15 is 0 Å². The Morgan fingerprint density at radius 1 is 1.31 bits per heavy atom. The highest BCUT2D eigenvalue weighted by atomic mass is 35.5. The number of amides is 1. The molecule has 0 radical (unpaired) electrons. The van der Waals surface area contributed by atoms with E-state index in [-0.39, 0.29) is 18.6 Å². The Kier molecular flexibility index (Phi) is 6.58. The number of aryl methyl sites for hydroxylation is 1. The van der Waals surface area contributed by atoms with Crippen molar-refractivity contribution in [1.82, 2.24) is 40.1 Å². The molecule has 1 aromatic carbocycles. The Morgan fingerprint density at radius 3 is 2.97 bits per heavy atom. The van der Waals surface area contributed by atoms with Crippen molar-refractivity contribution in [2.24, 2.45) is 7.05 Å². The molecular formula is C23H23ClN10O2. The molecule has 5 rings (SSSR count). The summed E-state index contributed by atoms with van der Waals surface area (Å²) in [5.74, 6) is 2.23. The van der Waals surface area contributed by atoms with Crippen LogP contribution < -0.4 is 15.4 Å². The highest BCUT2D eigenvalue weighted by Gasteiger charge is 2.25. The predicted molar refractivity (Wildman–Crippen MR) is 134 cm³/mol. The molecule has 2 N–H and O–H groups in total. The third-order valence-electron chi connectivity index (χ3n) is 5.77. The molecule has 1 unspecified atom stereocenters. The van der Waals surface area contributed by atoms with Gasteiger partial charge in [0.25, 0.3) is 0 Å². The van der Waals surface area contributed by atoms with Crippen molar-refractivity contribution in [3.05, 3.63) is 60.2 Å². The maximum atomic E-state index is 11.9. The lowest BCUT2D eigenvalue weighted by atomic mass is 10.2. The molecule has 36 heavy (non-hydrogen) atoms. The van der Waals surface area contributed by atoms with Gasteiger partial charge in [0.1, 0.15) is 30.0 Å². The van der Waals surface area contributed by atoms with Crippen molar-refractivity contribution in [2.45, 2.75) is 19.1 Å². The number of hydrogen-bond donors (Lipinski definition) is 2. The van der Waals surface area contributed by atoms with Crippen LogP contribution in [0.1, 0.15) is 12.2 Å². The Bertz CT molecular complexity index is 1430. The number of nitrogens with zero attached hydrogens (tertiary/aromatic N) is 8. The van der Waals surface area contributed by atoms with E-state index in [1.807, 2.05) is 18.2 Å². The summed E-state index contributed by atoms with van der Waals surface area (Å²) in [4.78, 5) is 27.1. The van der Waals surface area contributed by atoms with E-state index < -0.39 is 0 Å². The van der Waals surface area contributed by atoms with Gasteiger partial charge >= 0.3 is 0 Å². The summed E-state index contributed by atoms with van der Waals surface area (Å²) in [6.07, 6.45) is 3.64. The van der Waals surface area contributed by atoms with E-state index in [2.05, 4.69) is 42.7 Å². The zero-order chi connectivity index (χ0) is 25.1. The average molecular weight is 507 g/mol. The van der Waals surface area contributed by atoms with Gasteiger partial charge in [0.15, 0.2) is 11.6 Å². The fourth-order valence-electron chi connectivity index (χ4n) is 3.87. The summed E-state index contributed by atoms with van der Waals surface area (Å²) in [6.45, 7) is 5.03. The predicted octanol–water partition coefficient (Wildman–Crippen LogP) is 2.72. The second-order valence-corrected chi connectivity index (χ2v) is 8.59. The quantitative estimate of drug-likeness (QED) is 0.343. The van der Waals surface area contributed by atoms with E-state index in [0.717, 1.165) is 6.42 Å². The Balaban J connectivity index is 1.30. The zero-order valence-electron chi connectivity index (χ0n) is 19.4. The monoisotopic (exact) mass is 506 g/mol. The minimum Gasteiger partial charge on any atom is -0.484 e. The van der Waals surface area contributed by atoms with Crippen molar-refractivity contribution < 1.29 is 9.53 Å². The second kappa shape index (κ2) is 10.1. The normalized spacial score (nSPS) is 15.2. The summed E-state index contributed by atoms with van der Waals surface area (Å²) in [5.41, 5.74) is 2.00. The highest BCUT2D eigenvalue weighted by molar-refractivity contribution is 6.32. The van der Waals surface area contributed by atoms with Crippen LogP contribution in [0.3, 0.4) is 0 Å². The van der Waals surface area contributed by atoms with Crippen LogP contribution in [-0.4, -0.2) is 65.1 Å². The number of likely N-dealkylation sites (tertiary alicyclic amines) is 1. The summed E-state index contributed by atoms with van der Waals surface area (Å²) >= 11 is 6.44. The van der Waals surface area contributed by atoms with Crippen LogP contribution in [-0.2, 0) is 18.4 Å². The maximum absolute atomic E-state index is 11.9. The van der Waals surface area contributed by atoms with Crippen LogP contribution in [0.25, 0.3) is 11.0 Å². The number of ether oxygens (including phenoxy) is 1. The van der Waals surface area contributed by atoms with Crippen LogP contribution >= 0.6 is 11.6 Å². The van der Waals surface area contributed by atoms with Crippen molar-refractivity contribution >= 4 is 45.9 Å². The minimum absolute atomic E-state index is 0.0635. The molecule has 0 aliphatic carbocycles. The molecule has 1 atom stereocenters. The first-order chi connectivity index (χ1) is 17.5. The molecule has 12 nitrogen and oxygen atoms in total. The van der Waals surface area contributed by atoms with Crippen molar-refractivity contribution in [1.29, 1.82) is 0 Å². The third-order valence-corrected chi connectivity index (χ3v) is 6.06. The van der Waals surface area contributed by atoms with Gasteiger partial charge in [-0.2, -0.15) is 0 Å². The van der Waals surface area contributed by atoms with Gasteiger partial charge in [-0.25, -0.2) is 19.6 Å². The van der Waals surface area contributed by atoms with Gasteiger partial charge in [0.05, 0.1) is 10.5 Å². The molecule has 1 fully saturated rings. The summed E-state index contributed by atoms with van der Waals surface area (Å²) in [7, 11) is 1.74. The number of aromatic nitrogens is 7. The third kappa shape index (κ3) is 5.03. The fourth-order valence-corrected chi connectivity index (χ4v) is 4.11. The van der Waals surface area contributed by atoms with Crippen LogP contribution in [0, 0.1) is 0 Å². The lowest BCUT2D eigenvalue weighted by Crippen LogP contribution is -2.30. The molecule has 13 heteroatoms. The summed E-state index contributed by atoms with van der Waals surface area (Å²) in [6, 6.07) is 9.18. The van der Waals surface area contributed by atoms with Crippen molar-refractivity contribution in [2.75, 3.05) is 23.7 Å². The minimum atomic E-state index is -0.0635. The molecule has 1 aliphatic rings. The van der Waals surface area contributed by atoms with E-state index in [4.69, 9.17) is 21.3 Å². The summed E-state index contributed by atoms with van der Waals surface area (Å²) in [5, 5.41) is 18.3. The van der Waals surface area contributed by atoms with Crippen molar-refractivity contribution in [3.8, 4) is 5.75 Å². The summed E-state index contributed by atoms with van der Waals surface area (Å²) < 4.78 is 7.28. The van der Waals surface area contributed by atoms with E-state index in [9.17, 15) is 4.79 Å². The molecule has 0 saturated carbocycles. The number of hydrogen-bond acceptors (Lipinski definition) is 10. The molecule has 1 aliphatic heterocycles. The van der Waals surface area contributed by atoms with E-state index in [1.54, 1.807) is 24.1 Å². The molecule has 0 spiro atoms. The topological polar surface area (TPSA) is 136 Å². The molecule has 4 heterocycles. The van der Waals surface area contributed by atoms with Gasteiger partial charge in [-0.15, -0.1) is 5.10 Å². The number of anilines is 3. The lowest BCUT2D eigenvalue weighted by Gasteiger charge is -2.16. The van der Waals surface area contributed by atoms with Gasteiger partial charge in [-0.3, -0.25) is 4.79 Å². The maximum Gasteiger partial charge on any atom is 0.246 e. The largest absolute Gasteiger partial charge is 0.484 e. The van der Waals surface area contributed by atoms with Gasteiger partial charge in [0.2, 0.25) is 5.91 Å². The Labute approximate surface area is 211 Å². The molecule has 0 bridgehead atoms. The number of halogens is 1. The number of fused-ring (bicyclic) bond motifs is 1. The molecule has 184 valence electrons. The smallest absolute Gasteiger partial charge is 0.246 e. The Hall–Kier alpha value is -4.32. The van der Waals surface area contributed by atoms with Crippen LogP contribution in [0.5, 0.6) is 5.75 Å². The molecule has 1 saturated heterocycles. The average Bonchev–Trinajstić information content (AvgIpc) is 3.52. The number of carbonyl (C=O) groups excluding carboxylic acids is 1. The number of benzene rings is 1. The zero-order valence-corrected chi connectivity index (χ0v) is 20.2. The SMILES string of the molecule is C=CC(=O)N1CCC(Nc2ccc3ncnc(Nc4ccc(OCc5nnnn5C)c(Cl)c4)c3n2)C1. The number of pyridine rings is 1. The number of rotatable bonds is 8. The highest BCUT2D eigenvalue weighted by Crippen LogP contribution is 2.31. The Morgan fingerprint density at radius 2 is 2.19 bits per heavy atom. The van der Waals surface area contributed by atoms with Gasteiger partial charge < -0.3 is 20.3 Å². The second-order valence-electron chi connectivity index (χ2n) is 8.18. The van der Waals surface area contributed by atoms with Gasteiger partial charge in [0, 0.05) is 31.9 Å². The van der Waals surface area contributed by atoms with Crippen molar-refractivity contribution in [3.63, 3.8) is 0 Å². The molecular weight excluding hydrogens is 484 g/mol. The lowest BCUT2D eigenvalue weighted by molar-refractivity contribution is -0.125. The first-order valence-corrected chi connectivity index (χ1v) is 11.6. The van der Waals surface area contributed by atoms with Crippen LogP contribution in [0.2, 0.25) is 5.02 Å². The number of carbonyl (C=O) groups is 1. The first-order valence-electron chi connectivity index (χ1n) is 11.2. The van der Waals surface area contributed by atoms with Crippen LogP contribution in [0.15, 0.2) is 49.3 Å². The van der Waals surface area contributed by atoms with E-state index in [1.165, 1.54) is 17.1 Å². The first kappa shape index (κ1) is 23.4. The number of tetrazole rings is 1. The molecule has 1 amide bonds. The van der Waals surface area contributed by atoms with Crippen LogP contribution in [0.4, 0.5) is 17.3 Å². The van der Waals surface area contributed by atoms with Gasteiger partial charge in [-0.05, 0) is 53.3 Å². The molecule has 3 aromatic heterocycles. The number of nitrogens with one attached hydrogen (secondary N) is 2. The van der Waals surface area contributed by atoms with Gasteiger partial charge in [-0.1, -0.05) is 18.2 Å². The standard InChI is InChI=1S/C23H23ClN10O2/c1-3-21(35)34-9-8-15(11-34)27-19-7-5-17-22(29-19)23(26-13-25-17)28-14-4-6-18(16(24)10-14)36-12-20-30-31-32-33(20)2/h3-7,10,13,15H,1,8-9,11-12H2,2H3,(H,27,29)(H,25,26,28). The fraction of sp³-hybridized carbons (Fsp3) is 0.261.